The van der Waals surface area contributed by atoms with Gasteiger partial charge in [0.05, 0.1) is 5.41 Å². The number of hydrogen-bond acceptors (Lipinski definition) is 3. The molecule has 5 heteroatoms. The van der Waals surface area contributed by atoms with Gasteiger partial charge in [-0.15, -0.1) is 0 Å². The molecule has 0 spiro atoms. The molecule has 19 heavy (non-hydrogen) atoms. The largest absolute Gasteiger partial charge is 0.481 e. The van der Waals surface area contributed by atoms with E-state index in [2.05, 4.69) is 4.98 Å². The van der Waals surface area contributed by atoms with Gasteiger partial charge in [-0.2, -0.15) is 0 Å². The maximum Gasteiger partial charge on any atom is 0.331 e. The topological polar surface area (TPSA) is 87.5 Å². The van der Waals surface area contributed by atoms with E-state index < -0.39 is 17.4 Å². The van der Waals surface area contributed by atoms with E-state index in [0.29, 0.717) is 0 Å². The Morgan fingerprint density at radius 2 is 1.84 bits per heavy atom. The fourth-order valence-corrected chi connectivity index (χ4v) is 1.50. The zero-order chi connectivity index (χ0) is 14.3. The van der Waals surface area contributed by atoms with Gasteiger partial charge in [0.25, 0.3) is 0 Å². The van der Waals surface area contributed by atoms with Crippen LogP contribution in [0.5, 0.6) is 0 Å². The molecule has 1 aromatic rings. The van der Waals surface area contributed by atoms with E-state index in [1.807, 2.05) is 18.2 Å². The van der Waals surface area contributed by atoms with Crippen LogP contribution in [0, 0.1) is 5.41 Å². The molecule has 0 fully saturated rings. The smallest absolute Gasteiger partial charge is 0.331 e. The fourth-order valence-electron chi connectivity index (χ4n) is 1.50. The Kier molecular flexibility index (Phi) is 5.00. The highest BCUT2D eigenvalue weighted by Crippen LogP contribution is 2.31. The summed E-state index contributed by atoms with van der Waals surface area (Å²) >= 11 is 0. The van der Waals surface area contributed by atoms with Gasteiger partial charge in [0.1, 0.15) is 0 Å². The summed E-state index contributed by atoms with van der Waals surface area (Å²) in [5.41, 5.74) is -0.949. The van der Waals surface area contributed by atoms with Gasteiger partial charge in [-0.3, -0.25) is 9.78 Å². The summed E-state index contributed by atoms with van der Waals surface area (Å²) in [4.78, 5) is 25.1. The standard InChI is InChI=1S/C9H10O4.C5H5N/c1-9(8(12)13)4-2-3-6(5-9)7(10)11;1-2-4-6-5-3-1/h2-4H,5H2,1H3,(H,10,11)(H,12,13);1-5H/t9-;/m0./s1. The second kappa shape index (κ2) is 6.49. The number of hydrogen-bond donors (Lipinski definition) is 2. The van der Waals surface area contributed by atoms with Crippen LogP contribution in [0.15, 0.2) is 54.4 Å². The highest BCUT2D eigenvalue weighted by molar-refractivity contribution is 5.90. The van der Waals surface area contributed by atoms with Crippen LogP contribution < -0.4 is 0 Å². The first kappa shape index (κ1) is 14.6. The molecule has 1 atom stereocenters. The quantitative estimate of drug-likeness (QED) is 0.851. The first-order chi connectivity index (χ1) is 8.96. The molecule has 0 bridgehead atoms. The lowest BCUT2D eigenvalue weighted by molar-refractivity contribution is -0.145. The van der Waals surface area contributed by atoms with Crippen molar-refractivity contribution in [3.05, 3.63) is 54.4 Å². The Labute approximate surface area is 110 Å². The van der Waals surface area contributed by atoms with Crippen molar-refractivity contribution in [2.75, 3.05) is 0 Å². The summed E-state index contributed by atoms with van der Waals surface area (Å²) in [6, 6.07) is 5.72. The van der Waals surface area contributed by atoms with Crippen LogP contribution in [-0.4, -0.2) is 27.1 Å². The molecule has 0 amide bonds. The van der Waals surface area contributed by atoms with Gasteiger partial charge >= 0.3 is 11.9 Å². The Balaban J connectivity index is 0.000000250. The monoisotopic (exact) mass is 261 g/mol. The first-order valence-corrected chi connectivity index (χ1v) is 5.66. The highest BCUT2D eigenvalue weighted by atomic mass is 16.4. The Hall–Kier alpha value is -2.43. The molecule has 2 N–H and O–H groups in total. The van der Waals surface area contributed by atoms with E-state index in [0.717, 1.165) is 0 Å². The lowest BCUT2D eigenvalue weighted by atomic mass is 9.80. The van der Waals surface area contributed by atoms with E-state index in [4.69, 9.17) is 10.2 Å². The SMILES string of the molecule is C[C@]1(C(=O)O)C=CC=C(C(=O)O)C1.c1ccncc1. The van der Waals surface area contributed by atoms with E-state index in [1.54, 1.807) is 12.4 Å². The maximum absolute atomic E-state index is 10.8. The highest BCUT2D eigenvalue weighted by Gasteiger charge is 2.34. The van der Waals surface area contributed by atoms with Crippen molar-refractivity contribution in [1.29, 1.82) is 0 Å². The summed E-state index contributed by atoms with van der Waals surface area (Å²) in [6.07, 6.45) is 7.93. The van der Waals surface area contributed by atoms with Crippen molar-refractivity contribution in [3.8, 4) is 0 Å². The van der Waals surface area contributed by atoms with Crippen molar-refractivity contribution >= 4 is 11.9 Å². The minimum absolute atomic E-state index is 0.0359. The number of aromatic nitrogens is 1. The molecule has 5 nitrogen and oxygen atoms in total. The van der Waals surface area contributed by atoms with E-state index >= 15 is 0 Å². The average Bonchev–Trinajstić information content (AvgIpc) is 2.41. The van der Waals surface area contributed by atoms with Crippen LogP contribution in [0.25, 0.3) is 0 Å². The summed E-state index contributed by atoms with van der Waals surface area (Å²) < 4.78 is 0. The Bertz CT molecular complexity index is 481. The van der Waals surface area contributed by atoms with Crippen molar-refractivity contribution < 1.29 is 19.8 Å². The van der Waals surface area contributed by atoms with Crippen molar-refractivity contribution in [2.24, 2.45) is 5.41 Å². The molecule has 100 valence electrons. The van der Waals surface area contributed by atoms with Gasteiger partial charge in [-0.25, -0.2) is 4.79 Å². The van der Waals surface area contributed by atoms with Gasteiger partial charge in [-0.1, -0.05) is 24.3 Å². The van der Waals surface area contributed by atoms with E-state index in [9.17, 15) is 9.59 Å². The third kappa shape index (κ3) is 4.39. The summed E-state index contributed by atoms with van der Waals surface area (Å²) in [5.74, 6) is -2.06. The predicted octanol–water partition coefficient (Wildman–Crippen LogP) is 2.13. The molecule has 1 heterocycles. The predicted molar refractivity (Wildman–Crippen MR) is 69.5 cm³/mol. The van der Waals surface area contributed by atoms with Crippen LogP contribution >= 0.6 is 0 Å². The zero-order valence-corrected chi connectivity index (χ0v) is 10.5. The summed E-state index contributed by atoms with van der Waals surface area (Å²) in [5, 5.41) is 17.5. The molecule has 1 aromatic heterocycles. The molecule has 0 saturated heterocycles. The molecular formula is C14H15NO4. The van der Waals surface area contributed by atoms with Crippen molar-refractivity contribution in [2.45, 2.75) is 13.3 Å². The second-order valence-corrected chi connectivity index (χ2v) is 4.28. The van der Waals surface area contributed by atoms with E-state index in [-0.39, 0.29) is 12.0 Å². The van der Waals surface area contributed by atoms with Gasteiger partial charge in [-0.05, 0) is 25.5 Å². The maximum atomic E-state index is 10.8. The lowest BCUT2D eigenvalue weighted by Crippen LogP contribution is -2.28. The molecular weight excluding hydrogens is 246 g/mol. The van der Waals surface area contributed by atoms with Crippen LogP contribution in [0.3, 0.4) is 0 Å². The minimum atomic E-state index is -1.08. The zero-order valence-electron chi connectivity index (χ0n) is 10.5. The Morgan fingerprint density at radius 3 is 2.21 bits per heavy atom. The van der Waals surface area contributed by atoms with Crippen molar-refractivity contribution in [1.82, 2.24) is 4.98 Å². The number of carboxylic acid groups (broad SMARTS) is 2. The molecule has 0 saturated carbocycles. The second-order valence-electron chi connectivity index (χ2n) is 4.28. The lowest BCUT2D eigenvalue weighted by Gasteiger charge is -2.23. The number of nitrogens with zero attached hydrogens (tertiary/aromatic N) is 1. The van der Waals surface area contributed by atoms with Gasteiger partial charge in [0, 0.05) is 18.0 Å². The first-order valence-electron chi connectivity index (χ1n) is 5.66. The number of carboxylic acids is 2. The molecule has 0 unspecified atom stereocenters. The molecule has 2 rings (SSSR count). The average molecular weight is 261 g/mol. The minimum Gasteiger partial charge on any atom is -0.481 e. The van der Waals surface area contributed by atoms with Crippen LogP contribution in [-0.2, 0) is 9.59 Å². The van der Waals surface area contributed by atoms with Crippen molar-refractivity contribution in [3.63, 3.8) is 0 Å². The van der Waals surface area contributed by atoms with Gasteiger partial charge in [0.15, 0.2) is 0 Å². The summed E-state index contributed by atoms with van der Waals surface area (Å²) in [6.45, 7) is 1.50. The molecule has 1 aliphatic carbocycles. The van der Waals surface area contributed by atoms with Gasteiger partial charge in [0.2, 0.25) is 0 Å². The third-order valence-corrected chi connectivity index (χ3v) is 2.65. The van der Waals surface area contributed by atoms with Gasteiger partial charge < -0.3 is 10.2 Å². The van der Waals surface area contributed by atoms with Crippen LogP contribution in [0.4, 0.5) is 0 Å². The fraction of sp³-hybridized carbons (Fsp3) is 0.214. The number of allylic oxidation sites excluding steroid dienone is 2. The molecule has 0 radical (unpaired) electrons. The molecule has 0 aliphatic heterocycles. The number of pyridine rings is 1. The summed E-state index contributed by atoms with van der Waals surface area (Å²) in [7, 11) is 0. The Morgan fingerprint density at radius 1 is 1.21 bits per heavy atom. The number of rotatable bonds is 2. The third-order valence-electron chi connectivity index (χ3n) is 2.65. The number of carbonyl (C=O) groups is 2. The molecule has 1 aliphatic rings. The van der Waals surface area contributed by atoms with Crippen LogP contribution in [0.1, 0.15) is 13.3 Å². The van der Waals surface area contributed by atoms with E-state index in [1.165, 1.54) is 25.2 Å². The normalized spacial score (nSPS) is 20.8. The molecule has 0 aromatic carbocycles. The number of aliphatic carboxylic acids is 2. The van der Waals surface area contributed by atoms with Crippen LogP contribution in [0.2, 0.25) is 0 Å².